The summed E-state index contributed by atoms with van der Waals surface area (Å²) in [6.07, 6.45) is 9.30. The molecule has 110 valence electrons. The van der Waals surface area contributed by atoms with Gasteiger partial charge in [-0.2, -0.15) is 0 Å². The molecule has 2 heteroatoms. The van der Waals surface area contributed by atoms with E-state index in [1.165, 1.54) is 32.2 Å². The first-order valence-corrected chi connectivity index (χ1v) is 7.88. The van der Waals surface area contributed by atoms with Gasteiger partial charge in [-0.15, -0.1) is 13.2 Å². The minimum Gasteiger partial charge on any atom is -0.314 e. The van der Waals surface area contributed by atoms with Crippen LogP contribution in [0.25, 0.3) is 0 Å². The summed E-state index contributed by atoms with van der Waals surface area (Å²) < 4.78 is 0. The summed E-state index contributed by atoms with van der Waals surface area (Å²) in [5.41, 5.74) is 0. The molecule has 1 N–H and O–H groups in total. The lowest BCUT2D eigenvalue weighted by Gasteiger charge is -2.38. The van der Waals surface area contributed by atoms with Gasteiger partial charge in [0.1, 0.15) is 0 Å². The van der Waals surface area contributed by atoms with Crippen molar-refractivity contribution in [1.82, 2.24) is 10.2 Å². The summed E-state index contributed by atoms with van der Waals surface area (Å²) >= 11 is 0. The molecule has 1 aliphatic carbocycles. The van der Waals surface area contributed by atoms with E-state index in [9.17, 15) is 0 Å². The Morgan fingerprint density at radius 3 is 2.47 bits per heavy atom. The molecule has 3 atom stereocenters. The van der Waals surface area contributed by atoms with Crippen LogP contribution in [0, 0.1) is 11.8 Å². The van der Waals surface area contributed by atoms with Crippen molar-refractivity contribution in [3.63, 3.8) is 0 Å². The van der Waals surface area contributed by atoms with Crippen molar-refractivity contribution in [2.24, 2.45) is 11.8 Å². The van der Waals surface area contributed by atoms with Gasteiger partial charge in [-0.05, 0) is 44.1 Å². The molecule has 1 aliphatic rings. The van der Waals surface area contributed by atoms with E-state index in [2.05, 4.69) is 37.2 Å². The van der Waals surface area contributed by atoms with Crippen LogP contribution in [-0.2, 0) is 0 Å². The topological polar surface area (TPSA) is 15.3 Å². The second-order valence-corrected chi connectivity index (χ2v) is 6.03. The van der Waals surface area contributed by atoms with E-state index in [-0.39, 0.29) is 0 Å². The molecule has 0 amide bonds. The fraction of sp³-hybridized carbons (Fsp3) is 0.765. The Morgan fingerprint density at radius 1 is 1.21 bits per heavy atom. The van der Waals surface area contributed by atoms with E-state index >= 15 is 0 Å². The van der Waals surface area contributed by atoms with Crippen molar-refractivity contribution in [1.29, 1.82) is 0 Å². The Hall–Kier alpha value is -0.600. The van der Waals surface area contributed by atoms with Crippen molar-refractivity contribution in [3.8, 4) is 0 Å². The van der Waals surface area contributed by atoms with Crippen molar-refractivity contribution in [3.05, 3.63) is 25.3 Å². The molecule has 0 bridgehead atoms. The predicted molar refractivity (Wildman–Crippen MR) is 85.4 cm³/mol. The third kappa shape index (κ3) is 5.92. The molecular formula is C17H32N2. The largest absolute Gasteiger partial charge is 0.314 e. The number of hydrogen-bond acceptors (Lipinski definition) is 2. The minimum atomic E-state index is 0.702. The lowest BCUT2D eigenvalue weighted by atomic mass is 9.78. The monoisotopic (exact) mass is 264 g/mol. The van der Waals surface area contributed by atoms with Gasteiger partial charge >= 0.3 is 0 Å². The molecule has 19 heavy (non-hydrogen) atoms. The molecule has 0 aromatic carbocycles. The standard InChI is InChI=1S/C17H32N2/c1-5-10-18-17-9-8-15(4)13-16(17)14-19(11-6-2)12-7-3/h6-7,15-18H,2-3,5,8-14H2,1,4H3. The van der Waals surface area contributed by atoms with E-state index in [1.54, 1.807) is 0 Å². The highest BCUT2D eigenvalue weighted by atomic mass is 15.1. The highest BCUT2D eigenvalue weighted by Crippen LogP contribution is 2.29. The minimum absolute atomic E-state index is 0.702. The van der Waals surface area contributed by atoms with Crippen LogP contribution in [-0.4, -0.2) is 37.1 Å². The number of hydrogen-bond donors (Lipinski definition) is 1. The summed E-state index contributed by atoms with van der Waals surface area (Å²) in [5, 5.41) is 3.75. The Morgan fingerprint density at radius 2 is 1.89 bits per heavy atom. The Balaban J connectivity index is 2.55. The maximum atomic E-state index is 3.87. The average molecular weight is 264 g/mol. The van der Waals surface area contributed by atoms with Crippen LogP contribution in [0.5, 0.6) is 0 Å². The summed E-state index contributed by atoms with van der Waals surface area (Å²) in [6.45, 7) is 16.6. The molecule has 0 aromatic heterocycles. The summed E-state index contributed by atoms with van der Waals surface area (Å²) in [5.74, 6) is 1.65. The molecule has 1 saturated carbocycles. The second kappa shape index (κ2) is 9.33. The molecule has 1 rings (SSSR count). The van der Waals surface area contributed by atoms with Gasteiger partial charge in [0.2, 0.25) is 0 Å². The van der Waals surface area contributed by atoms with Crippen molar-refractivity contribution in [2.45, 2.75) is 45.6 Å². The van der Waals surface area contributed by atoms with Gasteiger partial charge in [0.15, 0.2) is 0 Å². The van der Waals surface area contributed by atoms with Crippen LogP contribution < -0.4 is 5.32 Å². The Kier molecular flexibility index (Phi) is 8.08. The highest BCUT2D eigenvalue weighted by Gasteiger charge is 2.29. The molecule has 0 spiro atoms. The molecule has 0 radical (unpaired) electrons. The molecule has 0 aromatic rings. The van der Waals surface area contributed by atoms with Gasteiger partial charge in [-0.1, -0.05) is 26.0 Å². The van der Waals surface area contributed by atoms with Crippen LogP contribution in [0.4, 0.5) is 0 Å². The third-order valence-electron chi connectivity index (χ3n) is 4.17. The summed E-state index contributed by atoms with van der Waals surface area (Å²) in [6, 6.07) is 0.702. The molecule has 0 saturated heterocycles. The SMILES string of the molecule is C=CCN(CC=C)CC1CC(C)CCC1NCCC. The van der Waals surface area contributed by atoms with Crippen LogP contribution in [0.1, 0.15) is 39.5 Å². The first kappa shape index (κ1) is 16.5. The summed E-state index contributed by atoms with van der Waals surface area (Å²) in [7, 11) is 0. The van der Waals surface area contributed by atoms with E-state index in [0.717, 1.165) is 31.5 Å². The average Bonchev–Trinajstić information content (AvgIpc) is 2.38. The molecule has 2 nitrogen and oxygen atoms in total. The first-order chi connectivity index (χ1) is 9.21. The van der Waals surface area contributed by atoms with Crippen molar-refractivity contribution >= 4 is 0 Å². The zero-order valence-corrected chi connectivity index (χ0v) is 12.9. The number of rotatable bonds is 9. The lowest BCUT2D eigenvalue weighted by molar-refractivity contribution is 0.159. The molecule has 3 unspecified atom stereocenters. The quantitative estimate of drug-likeness (QED) is 0.642. The first-order valence-electron chi connectivity index (χ1n) is 7.88. The van der Waals surface area contributed by atoms with Crippen LogP contribution in [0.2, 0.25) is 0 Å². The van der Waals surface area contributed by atoms with E-state index in [1.807, 2.05) is 12.2 Å². The van der Waals surface area contributed by atoms with Crippen molar-refractivity contribution < 1.29 is 0 Å². The summed E-state index contributed by atoms with van der Waals surface area (Å²) in [4.78, 5) is 2.46. The lowest BCUT2D eigenvalue weighted by Crippen LogP contribution is -2.46. The Labute approximate surface area is 120 Å². The van der Waals surface area contributed by atoms with Crippen LogP contribution in [0.15, 0.2) is 25.3 Å². The smallest absolute Gasteiger partial charge is 0.0164 e. The van der Waals surface area contributed by atoms with Crippen LogP contribution in [0.3, 0.4) is 0 Å². The fourth-order valence-corrected chi connectivity index (χ4v) is 3.22. The fourth-order valence-electron chi connectivity index (χ4n) is 3.22. The molecule has 0 aliphatic heterocycles. The zero-order valence-electron chi connectivity index (χ0n) is 12.9. The van der Waals surface area contributed by atoms with Gasteiger partial charge in [-0.25, -0.2) is 0 Å². The van der Waals surface area contributed by atoms with Gasteiger partial charge in [0.05, 0.1) is 0 Å². The van der Waals surface area contributed by atoms with Gasteiger partial charge < -0.3 is 5.32 Å². The van der Waals surface area contributed by atoms with Gasteiger partial charge in [0, 0.05) is 25.7 Å². The molecule has 1 fully saturated rings. The Bertz CT molecular complexity index is 250. The maximum absolute atomic E-state index is 3.87. The second-order valence-electron chi connectivity index (χ2n) is 6.03. The number of nitrogens with zero attached hydrogens (tertiary/aromatic N) is 1. The van der Waals surface area contributed by atoms with Crippen LogP contribution >= 0.6 is 0 Å². The van der Waals surface area contributed by atoms with Gasteiger partial charge in [-0.3, -0.25) is 4.90 Å². The number of nitrogens with one attached hydrogen (secondary N) is 1. The zero-order chi connectivity index (χ0) is 14.1. The normalized spacial score (nSPS) is 27.4. The molecule has 0 heterocycles. The maximum Gasteiger partial charge on any atom is 0.0164 e. The van der Waals surface area contributed by atoms with E-state index in [4.69, 9.17) is 0 Å². The van der Waals surface area contributed by atoms with Crippen molar-refractivity contribution in [2.75, 3.05) is 26.2 Å². The van der Waals surface area contributed by atoms with Gasteiger partial charge in [0.25, 0.3) is 0 Å². The third-order valence-corrected chi connectivity index (χ3v) is 4.17. The molecular weight excluding hydrogens is 232 g/mol. The van der Waals surface area contributed by atoms with E-state index in [0.29, 0.717) is 6.04 Å². The highest BCUT2D eigenvalue weighted by molar-refractivity contribution is 4.88. The predicted octanol–water partition coefficient (Wildman–Crippen LogP) is 3.46. The van der Waals surface area contributed by atoms with E-state index < -0.39 is 0 Å².